The van der Waals surface area contributed by atoms with Crippen molar-refractivity contribution >= 4 is 51.1 Å². The Morgan fingerprint density at radius 2 is 0.896 bits per heavy atom. The first kappa shape index (κ1) is 43.7. The van der Waals surface area contributed by atoms with Crippen LogP contribution in [-0.2, 0) is 0 Å². The smallest absolute Gasteiger partial charge is 0.0581 e. The van der Waals surface area contributed by atoms with Crippen LogP contribution in [0.2, 0.25) is 0 Å². The van der Waals surface area contributed by atoms with E-state index in [2.05, 4.69) is 280 Å². The van der Waals surface area contributed by atoms with Gasteiger partial charge in [0, 0.05) is 16.9 Å². The summed E-state index contributed by atoms with van der Waals surface area (Å²) in [6, 6.07) is 80.0. The molecule has 0 aliphatic rings. The fourth-order valence-electron chi connectivity index (χ4n) is 9.14. The van der Waals surface area contributed by atoms with Crippen molar-refractivity contribution < 1.29 is 0 Å². The van der Waals surface area contributed by atoms with Crippen molar-refractivity contribution in [1.29, 1.82) is 0 Å². The zero-order chi connectivity index (χ0) is 46.0. The second-order valence-electron chi connectivity index (χ2n) is 16.6. The van der Waals surface area contributed by atoms with Gasteiger partial charge in [0.25, 0.3) is 0 Å². The molecule has 0 radical (unpaired) electrons. The minimum Gasteiger partial charge on any atom is -0.310 e. The lowest BCUT2D eigenvalue weighted by Crippen LogP contribution is -2.17. The molecule has 1 heteroatoms. The number of nitrogens with zero attached hydrogens (tertiary/aromatic N) is 1. The number of hydrogen-bond acceptors (Lipinski definition) is 1. The summed E-state index contributed by atoms with van der Waals surface area (Å²) < 4.78 is 0. The first-order valence-corrected chi connectivity index (χ1v) is 22.9. The van der Waals surface area contributed by atoms with Crippen LogP contribution in [0.1, 0.15) is 45.9 Å². The van der Waals surface area contributed by atoms with Crippen molar-refractivity contribution in [3.63, 3.8) is 0 Å². The highest BCUT2D eigenvalue weighted by molar-refractivity contribution is 6.14. The molecule has 322 valence electrons. The number of fused-ring (bicyclic) bond motifs is 1. The molecule has 0 amide bonds. The van der Waals surface area contributed by atoms with Crippen LogP contribution >= 0.6 is 0 Å². The summed E-state index contributed by atoms with van der Waals surface area (Å²) in [7, 11) is 0. The molecule has 0 aromatic heterocycles. The quantitative estimate of drug-likeness (QED) is 0.0778. The van der Waals surface area contributed by atoms with E-state index in [1.807, 2.05) is 6.08 Å². The van der Waals surface area contributed by atoms with E-state index in [1.54, 1.807) is 0 Å². The third-order valence-electron chi connectivity index (χ3n) is 12.3. The van der Waals surface area contributed by atoms with Crippen molar-refractivity contribution in [2.45, 2.75) is 13.8 Å². The van der Waals surface area contributed by atoms with Gasteiger partial charge >= 0.3 is 0 Å². The third-order valence-corrected chi connectivity index (χ3v) is 12.3. The van der Waals surface area contributed by atoms with Gasteiger partial charge in [0.05, 0.1) is 5.69 Å². The number of rotatable bonds is 14. The molecule has 0 atom stereocenters. The highest BCUT2D eigenvalue weighted by Gasteiger charge is 2.26. The lowest BCUT2D eigenvalue weighted by Gasteiger charge is -2.33. The normalized spacial score (nSPS) is 11.7. The van der Waals surface area contributed by atoms with Crippen LogP contribution in [-0.4, -0.2) is 0 Å². The Balaban J connectivity index is 1.25. The minimum absolute atomic E-state index is 0.894. The van der Waals surface area contributed by atoms with Crippen molar-refractivity contribution in [3.8, 4) is 22.3 Å². The van der Waals surface area contributed by atoms with Gasteiger partial charge in [0.1, 0.15) is 0 Å². The van der Waals surface area contributed by atoms with E-state index in [9.17, 15) is 0 Å². The standard InChI is InChI=1S/C66H53N/c1-5-24-53(25-6-2)62(54-28-14-8-15-29-54)46-50-38-42-57(43-39-50)64-48(3)66(67(59-34-20-11-21-35-59)49(4)52-26-12-7-13-27-52)65(61-37-23-22-36-60(61)64)58-44-40-51(41-45-58)47-63(55-30-16-9-17-31-55)56-32-18-10-19-33-56/h5-47H,1,4H2,2-3H3/b25-6-,53-24+,62-46-. The van der Waals surface area contributed by atoms with E-state index in [0.29, 0.717) is 0 Å². The Labute approximate surface area is 396 Å². The van der Waals surface area contributed by atoms with Crippen LogP contribution in [0.15, 0.2) is 267 Å². The summed E-state index contributed by atoms with van der Waals surface area (Å²) in [6.45, 7) is 13.2. The molecule has 0 saturated heterocycles. The molecule has 0 N–H and O–H groups in total. The fraction of sp³-hybridized carbons (Fsp3) is 0.0303. The molecule has 9 aromatic rings. The maximum Gasteiger partial charge on any atom is 0.0581 e. The molecule has 0 bridgehead atoms. The second kappa shape index (κ2) is 20.5. The molecular formula is C66H53N. The molecular weight excluding hydrogens is 807 g/mol. The molecule has 0 unspecified atom stereocenters. The van der Waals surface area contributed by atoms with Crippen LogP contribution in [0.5, 0.6) is 0 Å². The van der Waals surface area contributed by atoms with Crippen LogP contribution in [0.4, 0.5) is 11.4 Å². The second-order valence-corrected chi connectivity index (χ2v) is 16.6. The maximum atomic E-state index is 4.84. The van der Waals surface area contributed by atoms with Crippen molar-refractivity contribution in [2.24, 2.45) is 0 Å². The summed E-state index contributed by atoms with van der Waals surface area (Å²) in [5.41, 5.74) is 19.0. The SMILES string of the molecule is C=C/C=C(\C=C/C)C(=C/c1ccc(-c2c(C)c(N(C(=C)c3ccccc3)c3ccccc3)c(-c3ccc(C=C(c4ccccc4)c4ccccc4)cc3)c3ccccc23)cc1)/c1ccccc1. The molecule has 0 saturated carbocycles. The van der Waals surface area contributed by atoms with Crippen molar-refractivity contribution in [1.82, 2.24) is 0 Å². The molecule has 67 heavy (non-hydrogen) atoms. The molecule has 0 heterocycles. The Hall–Kier alpha value is -8.52. The first-order valence-electron chi connectivity index (χ1n) is 22.9. The summed E-state index contributed by atoms with van der Waals surface area (Å²) in [6.07, 6.45) is 12.7. The lowest BCUT2D eigenvalue weighted by molar-refractivity contribution is 1.27. The van der Waals surface area contributed by atoms with Gasteiger partial charge in [-0.3, -0.25) is 0 Å². The zero-order valence-electron chi connectivity index (χ0n) is 38.2. The largest absolute Gasteiger partial charge is 0.310 e. The van der Waals surface area contributed by atoms with Gasteiger partial charge in [-0.1, -0.05) is 250 Å². The Kier molecular flexibility index (Phi) is 13.4. The number of benzene rings is 9. The zero-order valence-corrected chi connectivity index (χ0v) is 38.2. The monoisotopic (exact) mass is 859 g/mol. The van der Waals surface area contributed by atoms with E-state index >= 15 is 0 Å². The number of para-hydroxylation sites is 1. The van der Waals surface area contributed by atoms with Crippen molar-refractivity contribution in [3.05, 3.63) is 306 Å². The van der Waals surface area contributed by atoms with Gasteiger partial charge in [-0.05, 0) is 121 Å². The van der Waals surface area contributed by atoms with Crippen molar-refractivity contribution in [2.75, 3.05) is 4.90 Å². The van der Waals surface area contributed by atoms with E-state index in [0.717, 1.165) is 72.7 Å². The fourth-order valence-corrected chi connectivity index (χ4v) is 9.14. The van der Waals surface area contributed by atoms with E-state index in [-0.39, 0.29) is 0 Å². The van der Waals surface area contributed by atoms with Crippen LogP contribution in [0, 0.1) is 6.92 Å². The third kappa shape index (κ3) is 9.50. The minimum atomic E-state index is 0.894. The lowest BCUT2D eigenvalue weighted by atomic mass is 9.85. The van der Waals surface area contributed by atoms with Crippen LogP contribution in [0.3, 0.4) is 0 Å². The summed E-state index contributed by atoms with van der Waals surface area (Å²) in [5, 5.41) is 2.35. The van der Waals surface area contributed by atoms with Gasteiger partial charge in [-0.2, -0.15) is 0 Å². The van der Waals surface area contributed by atoms with Gasteiger partial charge in [-0.25, -0.2) is 0 Å². The van der Waals surface area contributed by atoms with E-state index < -0.39 is 0 Å². The van der Waals surface area contributed by atoms with E-state index in [1.165, 1.54) is 33.0 Å². The Bertz CT molecular complexity index is 3220. The highest BCUT2D eigenvalue weighted by atomic mass is 15.2. The number of hydrogen-bond donors (Lipinski definition) is 0. The number of anilines is 2. The molecule has 9 rings (SSSR count). The predicted molar refractivity (Wildman–Crippen MR) is 291 cm³/mol. The summed E-state index contributed by atoms with van der Waals surface area (Å²) in [4.78, 5) is 2.37. The van der Waals surface area contributed by atoms with Gasteiger partial charge in [0.2, 0.25) is 0 Å². The molecule has 0 fully saturated rings. The Morgan fingerprint density at radius 1 is 0.463 bits per heavy atom. The molecule has 0 aliphatic heterocycles. The van der Waals surface area contributed by atoms with Crippen LogP contribution < -0.4 is 4.90 Å². The first-order chi connectivity index (χ1) is 33.0. The van der Waals surface area contributed by atoms with E-state index in [4.69, 9.17) is 6.58 Å². The van der Waals surface area contributed by atoms with Gasteiger partial charge < -0.3 is 4.90 Å². The number of allylic oxidation sites excluding steroid dienone is 6. The predicted octanol–water partition coefficient (Wildman–Crippen LogP) is 18.1. The molecule has 1 nitrogen and oxygen atoms in total. The summed E-state index contributed by atoms with van der Waals surface area (Å²) in [5.74, 6) is 0. The molecule has 9 aromatic carbocycles. The molecule has 0 aliphatic carbocycles. The highest BCUT2D eigenvalue weighted by Crippen LogP contribution is 2.50. The topological polar surface area (TPSA) is 3.24 Å². The average Bonchev–Trinajstić information content (AvgIpc) is 3.39. The van der Waals surface area contributed by atoms with Crippen LogP contribution in [0.25, 0.3) is 62.0 Å². The average molecular weight is 860 g/mol. The van der Waals surface area contributed by atoms with Gasteiger partial charge in [0.15, 0.2) is 0 Å². The summed E-state index contributed by atoms with van der Waals surface area (Å²) >= 11 is 0. The molecule has 0 spiro atoms. The maximum absolute atomic E-state index is 4.84. The van der Waals surface area contributed by atoms with Gasteiger partial charge in [-0.15, -0.1) is 0 Å². The Morgan fingerprint density at radius 3 is 1.40 bits per heavy atom.